The monoisotopic (exact) mass is 559 g/mol. The van der Waals surface area contributed by atoms with Crippen molar-refractivity contribution in [1.29, 1.82) is 0 Å². The van der Waals surface area contributed by atoms with Gasteiger partial charge in [0.05, 0.1) is 13.7 Å². The third-order valence-electron chi connectivity index (χ3n) is 7.68. The van der Waals surface area contributed by atoms with E-state index in [0.717, 1.165) is 24.4 Å². The topological polar surface area (TPSA) is 88.6 Å². The lowest BCUT2D eigenvalue weighted by molar-refractivity contribution is -0.142. The second kappa shape index (κ2) is 13.5. The summed E-state index contributed by atoms with van der Waals surface area (Å²) in [6.07, 6.45) is 4.93. The summed E-state index contributed by atoms with van der Waals surface area (Å²) in [5.74, 6) is 0.428. The van der Waals surface area contributed by atoms with Gasteiger partial charge in [-0.3, -0.25) is 9.59 Å². The van der Waals surface area contributed by atoms with Gasteiger partial charge in [0, 0.05) is 36.3 Å². The first-order valence-corrected chi connectivity index (χ1v) is 14.3. The van der Waals surface area contributed by atoms with Gasteiger partial charge in [-0.25, -0.2) is 4.79 Å². The summed E-state index contributed by atoms with van der Waals surface area (Å²) in [7, 11) is 1.30. The van der Waals surface area contributed by atoms with Crippen LogP contribution in [0.25, 0.3) is 10.8 Å². The molecule has 0 atom stereocenters. The van der Waals surface area contributed by atoms with Crippen LogP contribution >= 0.6 is 0 Å². The molecule has 9 nitrogen and oxygen atoms in total. The lowest BCUT2D eigenvalue weighted by Crippen LogP contribution is -2.52. The van der Waals surface area contributed by atoms with Crippen molar-refractivity contribution < 1.29 is 28.6 Å². The Morgan fingerprint density at radius 1 is 0.829 bits per heavy atom. The van der Waals surface area contributed by atoms with Crippen LogP contribution in [0.3, 0.4) is 0 Å². The van der Waals surface area contributed by atoms with Crippen LogP contribution in [0.5, 0.6) is 11.5 Å². The molecule has 0 aromatic heterocycles. The standard InChI is InChI=1S/C32H37N3O6/c1-39-31(37)23-41-29-15-14-28(26-8-3-4-9-27(26)29)32(38)34-19-20-35(30(36)22-34)24-10-12-25(13-11-24)40-21-7-18-33-16-5-2-6-17-33/h3-4,8-15H,2,5-7,16-23H2,1H3. The van der Waals surface area contributed by atoms with Crippen LogP contribution < -0.4 is 14.4 Å². The Morgan fingerprint density at radius 3 is 2.32 bits per heavy atom. The van der Waals surface area contributed by atoms with E-state index in [1.807, 2.05) is 48.5 Å². The van der Waals surface area contributed by atoms with Crippen molar-refractivity contribution in [2.45, 2.75) is 25.7 Å². The normalized spacial score (nSPS) is 16.1. The van der Waals surface area contributed by atoms with Crippen LogP contribution in [0.2, 0.25) is 0 Å². The molecule has 0 N–H and O–H groups in total. The first-order valence-electron chi connectivity index (χ1n) is 14.3. The van der Waals surface area contributed by atoms with Crippen molar-refractivity contribution in [1.82, 2.24) is 9.80 Å². The molecule has 2 saturated heterocycles. The summed E-state index contributed by atoms with van der Waals surface area (Å²) in [6, 6.07) is 18.3. The average molecular weight is 560 g/mol. The number of benzene rings is 3. The number of piperidine rings is 1. The summed E-state index contributed by atoms with van der Waals surface area (Å²) >= 11 is 0. The zero-order chi connectivity index (χ0) is 28.6. The summed E-state index contributed by atoms with van der Waals surface area (Å²) < 4.78 is 16.2. The molecule has 3 aromatic carbocycles. The number of ether oxygens (including phenoxy) is 3. The Bertz CT molecular complexity index is 1370. The van der Waals surface area contributed by atoms with Gasteiger partial charge >= 0.3 is 5.97 Å². The SMILES string of the molecule is COC(=O)COc1ccc(C(=O)N2CCN(c3ccc(OCCCN4CCCCC4)cc3)C(=O)C2)c2ccccc12. The minimum Gasteiger partial charge on any atom is -0.494 e. The van der Waals surface area contributed by atoms with Crippen molar-refractivity contribution >= 4 is 34.2 Å². The average Bonchev–Trinajstić information content (AvgIpc) is 3.02. The molecule has 216 valence electrons. The second-order valence-corrected chi connectivity index (χ2v) is 10.4. The van der Waals surface area contributed by atoms with E-state index in [0.29, 0.717) is 41.8 Å². The van der Waals surface area contributed by atoms with Crippen LogP contribution in [0, 0.1) is 0 Å². The maximum absolute atomic E-state index is 13.5. The molecule has 2 heterocycles. The zero-order valence-corrected chi connectivity index (χ0v) is 23.5. The molecule has 0 saturated carbocycles. The van der Waals surface area contributed by atoms with Gasteiger partial charge in [0.15, 0.2) is 6.61 Å². The number of anilines is 1. The van der Waals surface area contributed by atoms with Gasteiger partial charge in [-0.1, -0.05) is 30.7 Å². The van der Waals surface area contributed by atoms with E-state index in [1.165, 1.54) is 39.5 Å². The number of carbonyl (C=O) groups is 3. The van der Waals surface area contributed by atoms with Gasteiger partial charge in [0.2, 0.25) is 5.91 Å². The van der Waals surface area contributed by atoms with E-state index in [2.05, 4.69) is 9.64 Å². The summed E-state index contributed by atoms with van der Waals surface area (Å²) in [4.78, 5) is 44.0. The third kappa shape index (κ3) is 6.97. The van der Waals surface area contributed by atoms with E-state index in [1.54, 1.807) is 21.9 Å². The van der Waals surface area contributed by atoms with E-state index in [9.17, 15) is 14.4 Å². The Hall–Kier alpha value is -4.11. The smallest absolute Gasteiger partial charge is 0.343 e. The van der Waals surface area contributed by atoms with Gasteiger partial charge in [-0.2, -0.15) is 0 Å². The predicted molar refractivity (Wildman–Crippen MR) is 157 cm³/mol. The maximum atomic E-state index is 13.5. The highest BCUT2D eigenvalue weighted by Crippen LogP contribution is 2.30. The molecule has 2 fully saturated rings. The molecule has 9 heteroatoms. The number of amides is 2. The minimum absolute atomic E-state index is 0.0114. The Kier molecular flexibility index (Phi) is 9.36. The first-order chi connectivity index (χ1) is 20.0. The zero-order valence-electron chi connectivity index (χ0n) is 23.5. The highest BCUT2D eigenvalue weighted by molar-refractivity contribution is 6.10. The molecule has 0 radical (unpaired) electrons. The maximum Gasteiger partial charge on any atom is 0.343 e. The molecule has 41 heavy (non-hydrogen) atoms. The number of rotatable bonds is 10. The van der Waals surface area contributed by atoms with Crippen LogP contribution in [0.1, 0.15) is 36.0 Å². The van der Waals surface area contributed by atoms with Gasteiger partial charge in [-0.15, -0.1) is 0 Å². The lowest BCUT2D eigenvalue weighted by atomic mass is 10.0. The summed E-state index contributed by atoms with van der Waals surface area (Å²) in [5, 5.41) is 1.40. The molecule has 3 aromatic rings. The fraction of sp³-hybridized carbons (Fsp3) is 0.406. The third-order valence-corrected chi connectivity index (χ3v) is 7.68. The molecular formula is C32H37N3O6. The number of nitrogens with zero attached hydrogens (tertiary/aromatic N) is 3. The number of likely N-dealkylation sites (tertiary alicyclic amines) is 1. The second-order valence-electron chi connectivity index (χ2n) is 10.4. The first kappa shape index (κ1) is 28.4. The molecule has 0 aliphatic carbocycles. The molecule has 2 amide bonds. The number of carbonyl (C=O) groups excluding carboxylic acids is 3. The van der Waals surface area contributed by atoms with Crippen LogP contribution in [-0.4, -0.2) is 87.2 Å². The van der Waals surface area contributed by atoms with E-state index >= 15 is 0 Å². The largest absolute Gasteiger partial charge is 0.494 e. The lowest BCUT2D eigenvalue weighted by Gasteiger charge is -2.34. The quantitative estimate of drug-likeness (QED) is 0.273. The molecule has 2 aliphatic rings. The number of fused-ring (bicyclic) bond motifs is 1. The number of methoxy groups -OCH3 is 1. The van der Waals surface area contributed by atoms with Gasteiger partial charge < -0.3 is 28.9 Å². The minimum atomic E-state index is -0.490. The fourth-order valence-electron chi connectivity index (χ4n) is 5.45. The number of hydrogen-bond donors (Lipinski definition) is 0. The number of hydrogen-bond acceptors (Lipinski definition) is 7. The number of esters is 1. The van der Waals surface area contributed by atoms with E-state index in [4.69, 9.17) is 9.47 Å². The molecule has 0 unspecified atom stereocenters. The van der Waals surface area contributed by atoms with Gasteiger partial charge in [0.25, 0.3) is 5.91 Å². The highest BCUT2D eigenvalue weighted by Gasteiger charge is 2.29. The Morgan fingerprint density at radius 2 is 1.59 bits per heavy atom. The van der Waals surface area contributed by atoms with Crippen molar-refractivity contribution in [3.63, 3.8) is 0 Å². The van der Waals surface area contributed by atoms with Crippen LogP contribution in [-0.2, 0) is 14.3 Å². The van der Waals surface area contributed by atoms with Crippen LogP contribution in [0.15, 0.2) is 60.7 Å². The van der Waals surface area contributed by atoms with E-state index in [-0.39, 0.29) is 25.0 Å². The molecule has 5 rings (SSSR count). The highest BCUT2D eigenvalue weighted by atomic mass is 16.6. The van der Waals surface area contributed by atoms with Crippen molar-refractivity contribution in [3.05, 3.63) is 66.2 Å². The summed E-state index contributed by atoms with van der Waals surface area (Å²) in [5.41, 5.74) is 1.27. The van der Waals surface area contributed by atoms with Gasteiger partial charge in [-0.05, 0) is 74.1 Å². The van der Waals surface area contributed by atoms with Crippen molar-refractivity contribution in [3.8, 4) is 11.5 Å². The molecular weight excluding hydrogens is 522 g/mol. The van der Waals surface area contributed by atoms with Crippen LogP contribution in [0.4, 0.5) is 5.69 Å². The summed E-state index contributed by atoms with van der Waals surface area (Å²) in [6.45, 7) is 4.70. The fourth-order valence-corrected chi connectivity index (χ4v) is 5.45. The molecule has 0 bridgehead atoms. The molecule has 2 aliphatic heterocycles. The van der Waals surface area contributed by atoms with Gasteiger partial charge in [0.1, 0.15) is 18.0 Å². The number of piperazine rings is 1. The van der Waals surface area contributed by atoms with E-state index < -0.39 is 5.97 Å². The Balaban J connectivity index is 1.17. The van der Waals surface area contributed by atoms with Crippen molar-refractivity contribution in [2.75, 3.05) is 64.5 Å². The predicted octanol–water partition coefficient (Wildman–Crippen LogP) is 4.14. The van der Waals surface area contributed by atoms with Crippen molar-refractivity contribution in [2.24, 2.45) is 0 Å². The molecule has 0 spiro atoms. The Labute approximate surface area is 240 Å².